The number of benzene rings is 1. The quantitative estimate of drug-likeness (QED) is 0.861. The molecule has 0 amide bonds. The standard InChI is InChI=1S/C12H14ClNO5S/c1-7-2-3-11(9(13)4-7)20(18,19)14-6-8(15)5-10(14)12(16)17/h2-4,8,10,15H,5-6H2,1H3,(H,16,17)/t8-,10+/m1/s1. The molecule has 8 heteroatoms. The molecule has 1 aromatic carbocycles. The Bertz CT molecular complexity index is 645. The molecular formula is C12H14ClNO5S. The highest BCUT2D eigenvalue weighted by Crippen LogP contribution is 2.30. The van der Waals surface area contributed by atoms with Crippen molar-refractivity contribution in [3.63, 3.8) is 0 Å². The van der Waals surface area contributed by atoms with Gasteiger partial charge in [-0.05, 0) is 24.6 Å². The van der Waals surface area contributed by atoms with Crippen molar-refractivity contribution >= 4 is 27.6 Å². The Morgan fingerprint density at radius 2 is 2.10 bits per heavy atom. The van der Waals surface area contributed by atoms with Gasteiger partial charge in [0.15, 0.2) is 0 Å². The number of hydrogen-bond donors (Lipinski definition) is 2. The zero-order chi connectivity index (χ0) is 15.1. The van der Waals surface area contributed by atoms with Gasteiger partial charge >= 0.3 is 5.97 Å². The summed E-state index contributed by atoms with van der Waals surface area (Å²) in [5.74, 6) is -1.28. The van der Waals surface area contributed by atoms with Crippen molar-refractivity contribution in [1.29, 1.82) is 0 Å². The number of carbonyl (C=O) groups is 1. The summed E-state index contributed by atoms with van der Waals surface area (Å²) < 4.78 is 25.8. The third kappa shape index (κ3) is 2.67. The first-order valence-electron chi connectivity index (χ1n) is 5.92. The maximum Gasteiger partial charge on any atom is 0.322 e. The fraction of sp³-hybridized carbons (Fsp3) is 0.417. The number of aliphatic hydroxyl groups excluding tert-OH is 1. The second-order valence-electron chi connectivity index (χ2n) is 4.75. The van der Waals surface area contributed by atoms with Gasteiger partial charge in [0, 0.05) is 13.0 Å². The van der Waals surface area contributed by atoms with E-state index in [0.29, 0.717) is 0 Å². The predicted molar refractivity (Wildman–Crippen MR) is 72.1 cm³/mol. The highest BCUT2D eigenvalue weighted by atomic mass is 35.5. The second-order valence-corrected chi connectivity index (χ2v) is 7.02. The maximum atomic E-state index is 12.5. The van der Waals surface area contributed by atoms with E-state index in [1.54, 1.807) is 13.0 Å². The summed E-state index contributed by atoms with van der Waals surface area (Å²) in [7, 11) is -4.05. The highest BCUT2D eigenvalue weighted by molar-refractivity contribution is 7.89. The van der Waals surface area contributed by atoms with Gasteiger partial charge in [-0.1, -0.05) is 17.7 Å². The molecule has 1 saturated heterocycles. The van der Waals surface area contributed by atoms with Crippen molar-refractivity contribution < 1.29 is 23.4 Å². The summed E-state index contributed by atoms with van der Waals surface area (Å²) in [4.78, 5) is 11.0. The minimum Gasteiger partial charge on any atom is -0.480 e. The molecule has 0 radical (unpaired) electrons. The Morgan fingerprint density at radius 3 is 2.65 bits per heavy atom. The summed E-state index contributed by atoms with van der Waals surface area (Å²) in [5, 5.41) is 18.7. The fourth-order valence-corrected chi connectivity index (χ4v) is 4.42. The number of rotatable bonds is 3. The lowest BCUT2D eigenvalue weighted by Gasteiger charge is -2.21. The highest BCUT2D eigenvalue weighted by Gasteiger charge is 2.44. The van der Waals surface area contributed by atoms with Gasteiger partial charge in [0.2, 0.25) is 10.0 Å². The van der Waals surface area contributed by atoms with Crippen molar-refractivity contribution in [2.24, 2.45) is 0 Å². The van der Waals surface area contributed by atoms with Crippen LogP contribution in [0, 0.1) is 6.92 Å². The van der Waals surface area contributed by atoms with Crippen LogP contribution in [0.15, 0.2) is 23.1 Å². The summed E-state index contributed by atoms with van der Waals surface area (Å²) in [6.07, 6.45) is -1.12. The number of hydrogen-bond acceptors (Lipinski definition) is 4. The molecule has 0 spiro atoms. The van der Waals surface area contributed by atoms with Crippen LogP contribution < -0.4 is 0 Å². The predicted octanol–water partition coefficient (Wildman–Crippen LogP) is 0.857. The van der Waals surface area contributed by atoms with E-state index >= 15 is 0 Å². The first-order chi connectivity index (χ1) is 9.23. The topological polar surface area (TPSA) is 94.9 Å². The van der Waals surface area contributed by atoms with E-state index in [1.165, 1.54) is 12.1 Å². The Hall–Kier alpha value is -1.15. The van der Waals surface area contributed by atoms with Gasteiger partial charge < -0.3 is 10.2 Å². The number of aryl methyl sites for hydroxylation is 1. The van der Waals surface area contributed by atoms with Crippen LogP contribution >= 0.6 is 11.6 Å². The monoisotopic (exact) mass is 319 g/mol. The number of carboxylic acids is 1. The minimum absolute atomic E-state index is 0.0375. The van der Waals surface area contributed by atoms with Crippen molar-refractivity contribution in [3.05, 3.63) is 28.8 Å². The molecule has 1 aliphatic heterocycles. The molecule has 1 aliphatic rings. The molecule has 0 saturated carbocycles. The summed E-state index contributed by atoms with van der Waals surface area (Å²) >= 11 is 5.94. The Morgan fingerprint density at radius 1 is 1.45 bits per heavy atom. The van der Waals surface area contributed by atoms with Crippen molar-refractivity contribution in [1.82, 2.24) is 4.31 Å². The molecule has 1 heterocycles. The molecule has 0 unspecified atom stereocenters. The Labute approximate surface area is 121 Å². The van der Waals surface area contributed by atoms with Gasteiger partial charge in [-0.2, -0.15) is 4.31 Å². The van der Waals surface area contributed by atoms with Crippen LogP contribution in [-0.2, 0) is 14.8 Å². The van der Waals surface area contributed by atoms with E-state index in [-0.39, 0.29) is 22.9 Å². The van der Waals surface area contributed by atoms with Crippen molar-refractivity contribution in [2.45, 2.75) is 30.4 Å². The zero-order valence-corrected chi connectivity index (χ0v) is 12.2. The molecule has 2 rings (SSSR count). The molecule has 1 fully saturated rings. The molecule has 110 valence electrons. The van der Waals surface area contributed by atoms with Crippen LogP contribution in [0.5, 0.6) is 0 Å². The number of β-amino-alcohol motifs (C(OH)–C–C–N with tert-alkyl or cyclic N) is 1. The largest absolute Gasteiger partial charge is 0.480 e. The van der Waals surface area contributed by atoms with Crippen LogP contribution in [0.3, 0.4) is 0 Å². The molecule has 0 aliphatic carbocycles. The first-order valence-corrected chi connectivity index (χ1v) is 7.74. The second kappa shape index (κ2) is 5.33. The van der Waals surface area contributed by atoms with Gasteiger partial charge in [-0.25, -0.2) is 8.42 Å². The van der Waals surface area contributed by atoms with Crippen molar-refractivity contribution in [3.8, 4) is 0 Å². The molecule has 0 aromatic heterocycles. The molecule has 2 atom stereocenters. The van der Waals surface area contributed by atoms with Crippen LogP contribution in [-0.4, -0.2) is 47.6 Å². The Balaban J connectivity index is 2.46. The third-order valence-corrected chi connectivity index (χ3v) is 5.55. The first kappa shape index (κ1) is 15.2. The molecule has 6 nitrogen and oxygen atoms in total. The lowest BCUT2D eigenvalue weighted by molar-refractivity contribution is -0.140. The molecule has 0 bridgehead atoms. The lowest BCUT2D eigenvalue weighted by atomic mass is 10.2. The van der Waals surface area contributed by atoms with Gasteiger partial charge in [0.05, 0.1) is 11.1 Å². The molecule has 1 aromatic rings. The van der Waals surface area contributed by atoms with E-state index in [9.17, 15) is 18.3 Å². The smallest absolute Gasteiger partial charge is 0.322 e. The average Bonchev–Trinajstić information content (AvgIpc) is 2.71. The maximum absolute atomic E-state index is 12.5. The fourth-order valence-electron chi connectivity index (χ4n) is 2.22. The number of sulfonamides is 1. The number of nitrogens with zero attached hydrogens (tertiary/aromatic N) is 1. The number of aliphatic hydroxyl groups is 1. The number of aliphatic carboxylic acids is 1. The average molecular weight is 320 g/mol. The zero-order valence-electron chi connectivity index (χ0n) is 10.7. The van der Waals surface area contributed by atoms with E-state index < -0.39 is 28.1 Å². The molecular weight excluding hydrogens is 306 g/mol. The van der Waals surface area contributed by atoms with Gasteiger partial charge in [0.25, 0.3) is 0 Å². The van der Waals surface area contributed by atoms with E-state index in [2.05, 4.69) is 0 Å². The van der Waals surface area contributed by atoms with Crippen LogP contribution in [0.4, 0.5) is 0 Å². The summed E-state index contributed by atoms with van der Waals surface area (Å²) in [5.41, 5.74) is 0.796. The van der Waals surface area contributed by atoms with Crippen LogP contribution in [0.1, 0.15) is 12.0 Å². The van der Waals surface area contributed by atoms with Crippen LogP contribution in [0.25, 0.3) is 0 Å². The normalized spacial score (nSPS) is 23.9. The molecule has 20 heavy (non-hydrogen) atoms. The van der Waals surface area contributed by atoms with Gasteiger partial charge in [-0.15, -0.1) is 0 Å². The lowest BCUT2D eigenvalue weighted by Crippen LogP contribution is -2.40. The van der Waals surface area contributed by atoms with Crippen LogP contribution in [0.2, 0.25) is 5.02 Å². The van der Waals surface area contributed by atoms with Gasteiger partial charge in [-0.3, -0.25) is 4.79 Å². The summed E-state index contributed by atoms with van der Waals surface area (Å²) in [6.45, 7) is 1.52. The Kier molecular flexibility index (Phi) is 4.06. The SMILES string of the molecule is Cc1ccc(S(=O)(=O)N2C[C@H](O)C[C@H]2C(=O)O)c(Cl)c1. The third-order valence-electron chi connectivity index (χ3n) is 3.19. The van der Waals surface area contributed by atoms with Crippen molar-refractivity contribution in [2.75, 3.05) is 6.54 Å². The number of halogens is 1. The number of carboxylic acid groups (broad SMARTS) is 1. The summed E-state index contributed by atoms with van der Waals surface area (Å²) in [6, 6.07) is 3.15. The van der Waals surface area contributed by atoms with E-state index in [0.717, 1.165) is 9.87 Å². The molecule has 2 N–H and O–H groups in total. The minimum atomic E-state index is -4.05. The van der Waals surface area contributed by atoms with Gasteiger partial charge in [0.1, 0.15) is 10.9 Å². The van der Waals surface area contributed by atoms with E-state index in [1.807, 2.05) is 0 Å². The van der Waals surface area contributed by atoms with E-state index in [4.69, 9.17) is 16.7 Å².